The Morgan fingerprint density at radius 3 is 2.58 bits per heavy atom. The highest BCUT2D eigenvalue weighted by atomic mass is 32.2. The van der Waals surface area contributed by atoms with E-state index in [1.54, 1.807) is 18.2 Å². The standard InChI is InChI=1S/C17H20N2O4S/c1-19-9-8-12-10-13(4-6-15(12)19)18-24(20,21)17-7-5-14(22-2)11-16(17)23-3/h4-7,10-11,18H,8-9H2,1-3H3. The summed E-state index contributed by atoms with van der Waals surface area (Å²) in [7, 11) is 1.22. The molecule has 3 rings (SSSR count). The average Bonchev–Trinajstić information content (AvgIpc) is 2.94. The van der Waals surface area contributed by atoms with Crippen molar-refractivity contribution in [1.82, 2.24) is 0 Å². The van der Waals surface area contributed by atoms with Crippen LogP contribution in [0.2, 0.25) is 0 Å². The number of rotatable bonds is 5. The molecule has 7 heteroatoms. The van der Waals surface area contributed by atoms with Gasteiger partial charge in [-0.2, -0.15) is 0 Å². The first-order valence-corrected chi connectivity index (χ1v) is 9.02. The first-order valence-electron chi connectivity index (χ1n) is 7.53. The average molecular weight is 348 g/mol. The molecule has 0 fully saturated rings. The Morgan fingerprint density at radius 1 is 1.08 bits per heavy atom. The highest BCUT2D eigenvalue weighted by Crippen LogP contribution is 2.32. The van der Waals surface area contributed by atoms with Gasteiger partial charge in [-0.25, -0.2) is 8.42 Å². The lowest BCUT2D eigenvalue weighted by atomic mass is 10.1. The topological polar surface area (TPSA) is 67.9 Å². The van der Waals surface area contributed by atoms with Gasteiger partial charge in [-0.1, -0.05) is 0 Å². The van der Waals surface area contributed by atoms with E-state index < -0.39 is 10.0 Å². The molecule has 24 heavy (non-hydrogen) atoms. The molecule has 1 N–H and O–H groups in total. The number of anilines is 2. The van der Waals surface area contributed by atoms with Crippen LogP contribution < -0.4 is 19.1 Å². The van der Waals surface area contributed by atoms with Crippen LogP contribution in [-0.2, 0) is 16.4 Å². The molecule has 0 atom stereocenters. The number of nitrogens with one attached hydrogen (secondary N) is 1. The second kappa shape index (κ2) is 6.24. The van der Waals surface area contributed by atoms with Crippen molar-refractivity contribution in [3.05, 3.63) is 42.0 Å². The third-order valence-corrected chi connectivity index (χ3v) is 5.54. The molecule has 0 aromatic heterocycles. The molecule has 0 spiro atoms. The van der Waals surface area contributed by atoms with E-state index >= 15 is 0 Å². The number of benzene rings is 2. The lowest BCUT2D eigenvalue weighted by molar-refractivity contribution is 0.386. The second-order valence-electron chi connectivity index (χ2n) is 5.64. The Kier molecular flexibility index (Phi) is 4.28. The molecule has 2 aromatic carbocycles. The molecular weight excluding hydrogens is 328 g/mol. The van der Waals surface area contributed by atoms with Crippen molar-refractivity contribution in [3.63, 3.8) is 0 Å². The number of sulfonamides is 1. The van der Waals surface area contributed by atoms with Crippen LogP contribution in [0.25, 0.3) is 0 Å². The zero-order chi connectivity index (χ0) is 17.3. The van der Waals surface area contributed by atoms with Gasteiger partial charge in [0, 0.05) is 31.0 Å². The largest absolute Gasteiger partial charge is 0.497 e. The fourth-order valence-electron chi connectivity index (χ4n) is 2.84. The molecular formula is C17H20N2O4S. The third-order valence-electron chi connectivity index (χ3n) is 4.12. The van der Waals surface area contributed by atoms with E-state index in [2.05, 4.69) is 9.62 Å². The predicted octanol–water partition coefficient (Wildman–Crippen LogP) is 2.50. The van der Waals surface area contributed by atoms with Crippen molar-refractivity contribution < 1.29 is 17.9 Å². The maximum atomic E-state index is 12.7. The summed E-state index contributed by atoms with van der Waals surface area (Å²) < 4.78 is 38.3. The van der Waals surface area contributed by atoms with Gasteiger partial charge in [-0.3, -0.25) is 4.72 Å². The number of ether oxygens (including phenoxy) is 2. The highest BCUT2D eigenvalue weighted by Gasteiger charge is 2.22. The molecule has 0 saturated heterocycles. The number of fused-ring (bicyclic) bond motifs is 1. The van der Waals surface area contributed by atoms with E-state index in [0.29, 0.717) is 11.4 Å². The lowest BCUT2D eigenvalue weighted by Crippen LogP contribution is -2.14. The molecule has 2 aromatic rings. The maximum Gasteiger partial charge on any atom is 0.265 e. The lowest BCUT2D eigenvalue weighted by Gasteiger charge is -2.14. The summed E-state index contributed by atoms with van der Waals surface area (Å²) in [5, 5.41) is 0. The zero-order valence-corrected chi connectivity index (χ0v) is 14.7. The molecule has 1 aliphatic rings. The zero-order valence-electron chi connectivity index (χ0n) is 13.9. The fourth-order valence-corrected chi connectivity index (χ4v) is 4.04. The minimum absolute atomic E-state index is 0.0726. The SMILES string of the molecule is COc1ccc(S(=O)(=O)Nc2ccc3c(c2)CCN3C)c(OC)c1. The molecule has 0 bridgehead atoms. The van der Waals surface area contributed by atoms with Gasteiger partial charge in [-0.05, 0) is 42.3 Å². The summed E-state index contributed by atoms with van der Waals surface area (Å²) in [5.74, 6) is 0.772. The third kappa shape index (κ3) is 2.99. The Morgan fingerprint density at radius 2 is 1.88 bits per heavy atom. The molecule has 1 aliphatic heterocycles. The van der Waals surface area contributed by atoms with Crippen LogP contribution in [0.1, 0.15) is 5.56 Å². The predicted molar refractivity (Wildman–Crippen MR) is 93.8 cm³/mol. The Bertz CT molecular complexity index is 865. The summed E-state index contributed by atoms with van der Waals surface area (Å²) in [6.45, 7) is 0.942. The van der Waals surface area contributed by atoms with Gasteiger partial charge in [0.1, 0.15) is 16.4 Å². The van der Waals surface area contributed by atoms with Crippen molar-refractivity contribution in [2.45, 2.75) is 11.3 Å². The summed E-state index contributed by atoms with van der Waals surface area (Å²) in [4.78, 5) is 2.23. The Hall–Kier alpha value is -2.41. The molecule has 0 radical (unpaired) electrons. The van der Waals surface area contributed by atoms with Crippen molar-refractivity contribution >= 4 is 21.4 Å². The Labute approximate surface area is 142 Å². The quantitative estimate of drug-likeness (QED) is 0.899. The molecule has 0 amide bonds. The highest BCUT2D eigenvalue weighted by molar-refractivity contribution is 7.92. The normalized spacial score (nSPS) is 13.5. The number of likely N-dealkylation sites (N-methyl/N-ethyl adjacent to an activating group) is 1. The van der Waals surface area contributed by atoms with E-state index in [-0.39, 0.29) is 10.6 Å². The molecule has 0 aliphatic carbocycles. The monoisotopic (exact) mass is 348 g/mol. The van der Waals surface area contributed by atoms with E-state index in [1.165, 1.54) is 20.3 Å². The summed E-state index contributed by atoms with van der Waals surface area (Å²) in [5.41, 5.74) is 2.82. The van der Waals surface area contributed by atoms with Crippen LogP contribution >= 0.6 is 0 Å². The van der Waals surface area contributed by atoms with E-state index in [4.69, 9.17) is 9.47 Å². The van der Waals surface area contributed by atoms with Crippen LogP contribution in [0.3, 0.4) is 0 Å². The maximum absolute atomic E-state index is 12.7. The van der Waals surface area contributed by atoms with E-state index in [1.807, 2.05) is 19.2 Å². The summed E-state index contributed by atoms with van der Waals surface area (Å²) in [6, 6.07) is 10.2. The number of hydrogen-bond donors (Lipinski definition) is 1. The van der Waals surface area contributed by atoms with Gasteiger partial charge in [-0.15, -0.1) is 0 Å². The van der Waals surface area contributed by atoms with Crippen LogP contribution in [0.15, 0.2) is 41.3 Å². The first-order chi connectivity index (χ1) is 11.4. The van der Waals surface area contributed by atoms with Crippen LogP contribution in [-0.4, -0.2) is 36.2 Å². The van der Waals surface area contributed by atoms with Gasteiger partial charge in [0.25, 0.3) is 10.0 Å². The van der Waals surface area contributed by atoms with E-state index in [0.717, 1.165) is 24.2 Å². The van der Waals surface area contributed by atoms with Gasteiger partial charge < -0.3 is 14.4 Å². The van der Waals surface area contributed by atoms with Crippen molar-refractivity contribution in [2.24, 2.45) is 0 Å². The molecule has 1 heterocycles. The minimum atomic E-state index is -3.76. The molecule has 0 unspecified atom stereocenters. The van der Waals surface area contributed by atoms with Crippen LogP contribution in [0.5, 0.6) is 11.5 Å². The van der Waals surface area contributed by atoms with Gasteiger partial charge in [0.05, 0.1) is 14.2 Å². The van der Waals surface area contributed by atoms with Crippen molar-refractivity contribution in [2.75, 3.05) is 37.4 Å². The minimum Gasteiger partial charge on any atom is -0.497 e. The first kappa shape index (κ1) is 16.4. The molecule has 6 nitrogen and oxygen atoms in total. The van der Waals surface area contributed by atoms with Gasteiger partial charge >= 0.3 is 0 Å². The Balaban J connectivity index is 1.92. The van der Waals surface area contributed by atoms with Crippen LogP contribution in [0.4, 0.5) is 11.4 Å². The fraction of sp³-hybridized carbons (Fsp3) is 0.294. The van der Waals surface area contributed by atoms with Crippen molar-refractivity contribution in [1.29, 1.82) is 0 Å². The number of nitrogens with zero attached hydrogens (tertiary/aromatic N) is 1. The molecule has 128 valence electrons. The summed E-state index contributed by atoms with van der Waals surface area (Å²) in [6.07, 6.45) is 0.910. The molecule has 0 saturated carbocycles. The van der Waals surface area contributed by atoms with E-state index in [9.17, 15) is 8.42 Å². The number of hydrogen-bond acceptors (Lipinski definition) is 5. The van der Waals surface area contributed by atoms with Crippen LogP contribution in [0, 0.1) is 0 Å². The smallest absolute Gasteiger partial charge is 0.265 e. The number of methoxy groups -OCH3 is 2. The second-order valence-corrected chi connectivity index (χ2v) is 7.29. The summed E-state index contributed by atoms with van der Waals surface area (Å²) >= 11 is 0. The van der Waals surface area contributed by atoms with Gasteiger partial charge in [0.15, 0.2) is 0 Å². The van der Waals surface area contributed by atoms with Crippen molar-refractivity contribution in [3.8, 4) is 11.5 Å². The van der Waals surface area contributed by atoms with Gasteiger partial charge in [0.2, 0.25) is 0 Å².